The van der Waals surface area contributed by atoms with E-state index in [-0.39, 0.29) is 11.9 Å². The summed E-state index contributed by atoms with van der Waals surface area (Å²) >= 11 is 0. The van der Waals surface area contributed by atoms with E-state index in [0.717, 1.165) is 18.7 Å². The minimum atomic E-state index is -0.139. The molecule has 0 aliphatic carbocycles. The van der Waals surface area contributed by atoms with Gasteiger partial charge in [0.15, 0.2) is 11.5 Å². The van der Waals surface area contributed by atoms with Crippen LogP contribution in [-0.2, 0) is 0 Å². The maximum absolute atomic E-state index is 12.3. The molecule has 2 bridgehead atoms. The van der Waals surface area contributed by atoms with Crippen LogP contribution in [0.3, 0.4) is 0 Å². The molecule has 1 aromatic carbocycles. The van der Waals surface area contributed by atoms with Crippen LogP contribution < -0.4 is 5.32 Å². The van der Waals surface area contributed by atoms with Gasteiger partial charge < -0.3 is 14.7 Å². The third-order valence-corrected chi connectivity index (χ3v) is 4.45. The first-order valence-electron chi connectivity index (χ1n) is 7.35. The van der Waals surface area contributed by atoms with Gasteiger partial charge in [-0.3, -0.25) is 4.79 Å². The van der Waals surface area contributed by atoms with E-state index < -0.39 is 0 Å². The fourth-order valence-corrected chi connectivity index (χ4v) is 3.31. The third-order valence-electron chi connectivity index (χ3n) is 4.45. The van der Waals surface area contributed by atoms with Crippen molar-refractivity contribution in [2.24, 2.45) is 5.92 Å². The quantitative estimate of drug-likeness (QED) is 0.932. The van der Waals surface area contributed by atoms with E-state index in [0.29, 0.717) is 17.4 Å². The number of nitrogens with zero attached hydrogens (tertiary/aromatic N) is 2. The number of rotatable bonds is 3. The van der Waals surface area contributed by atoms with E-state index in [1.165, 1.54) is 13.0 Å². The number of carbonyl (C=O) groups excluding carboxylic acids is 1. The first-order valence-corrected chi connectivity index (χ1v) is 7.35. The summed E-state index contributed by atoms with van der Waals surface area (Å²) < 4.78 is 5.28. The Bertz CT molecular complexity index is 653. The zero-order chi connectivity index (χ0) is 14.2. The molecule has 4 rings (SSSR count). The Kier molecular flexibility index (Phi) is 3.00. The molecule has 1 aromatic heterocycles. The smallest absolute Gasteiger partial charge is 0.273 e. The van der Waals surface area contributed by atoms with Crippen LogP contribution in [0.2, 0.25) is 0 Å². The second-order valence-corrected chi connectivity index (χ2v) is 5.83. The molecule has 3 heterocycles. The number of benzene rings is 1. The molecule has 3 atom stereocenters. The summed E-state index contributed by atoms with van der Waals surface area (Å²) in [5.41, 5.74) is 1.28. The largest absolute Gasteiger partial charge is 0.355 e. The second kappa shape index (κ2) is 5.00. The number of fused-ring (bicyclic) bond motifs is 2. The maximum Gasteiger partial charge on any atom is 0.273 e. The lowest BCUT2D eigenvalue weighted by Crippen LogP contribution is -2.43. The van der Waals surface area contributed by atoms with Gasteiger partial charge in [-0.2, -0.15) is 0 Å². The summed E-state index contributed by atoms with van der Waals surface area (Å²) in [5.74, 6) is 1.08. The summed E-state index contributed by atoms with van der Waals surface area (Å²) in [5, 5.41) is 6.98. The number of piperidine rings is 1. The van der Waals surface area contributed by atoms with Crippen molar-refractivity contribution in [1.29, 1.82) is 0 Å². The van der Waals surface area contributed by atoms with Gasteiger partial charge >= 0.3 is 0 Å². The van der Waals surface area contributed by atoms with Crippen molar-refractivity contribution in [1.82, 2.24) is 15.4 Å². The Labute approximate surface area is 122 Å². The van der Waals surface area contributed by atoms with E-state index in [1.54, 1.807) is 6.07 Å². The second-order valence-electron chi connectivity index (χ2n) is 5.83. The van der Waals surface area contributed by atoms with Gasteiger partial charge in [0.2, 0.25) is 0 Å². The van der Waals surface area contributed by atoms with E-state index in [4.69, 9.17) is 4.52 Å². The Balaban J connectivity index is 1.47. The Morgan fingerprint density at radius 2 is 2.14 bits per heavy atom. The summed E-state index contributed by atoms with van der Waals surface area (Å²) in [6, 6.07) is 11.6. The Hall–Kier alpha value is -2.14. The predicted octanol–water partition coefficient (Wildman–Crippen LogP) is 1.78. The van der Waals surface area contributed by atoms with Crippen molar-refractivity contribution >= 4 is 5.91 Å². The summed E-state index contributed by atoms with van der Waals surface area (Å²) in [7, 11) is 0. The highest BCUT2D eigenvalue weighted by atomic mass is 16.5. The molecule has 0 spiro atoms. The van der Waals surface area contributed by atoms with E-state index >= 15 is 0 Å². The van der Waals surface area contributed by atoms with Gasteiger partial charge in [0.05, 0.1) is 0 Å². The zero-order valence-corrected chi connectivity index (χ0v) is 11.7. The van der Waals surface area contributed by atoms with Gasteiger partial charge in [0, 0.05) is 30.8 Å². The molecule has 5 heteroatoms. The maximum atomic E-state index is 12.3. The molecule has 2 aliphatic rings. The Morgan fingerprint density at radius 1 is 1.29 bits per heavy atom. The van der Waals surface area contributed by atoms with Crippen LogP contribution in [0.15, 0.2) is 40.9 Å². The van der Waals surface area contributed by atoms with Crippen molar-refractivity contribution in [3.63, 3.8) is 0 Å². The predicted molar refractivity (Wildman–Crippen MR) is 77.7 cm³/mol. The molecular weight excluding hydrogens is 266 g/mol. The fraction of sp³-hybridized carbons (Fsp3) is 0.375. The highest BCUT2D eigenvalue weighted by molar-refractivity contribution is 5.93. The van der Waals surface area contributed by atoms with Crippen LogP contribution >= 0.6 is 0 Å². The highest BCUT2D eigenvalue weighted by Gasteiger charge is 2.38. The number of carbonyl (C=O) groups is 1. The van der Waals surface area contributed by atoms with E-state index in [9.17, 15) is 4.79 Å². The topological polar surface area (TPSA) is 58.4 Å². The molecule has 5 nitrogen and oxygen atoms in total. The molecule has 2 saturated heterocycles. The van der Waals surface area contributed by atoms with Gasteiger partial charge in [-0.1, -0.05) is 35.5 Å². The third kappa shape index (κ3) is 2.34. The molecule has 2 unspecified atom stereocenters. The van der Waals surface area contributed by atoms with Gasteiger partial charge in [0.25, 0.3) is 5.91 Å². The number of nitrogens with one attached hydrogen (secondary N) is 1. The first-order chi connectivity index (χ1) is 10.3. The molecule has 2 aliphatic heterocycles. The van der Waals surface area contributed by atoms with Crippen LogP contribution in [0.4, 0.5) is 0 Å². The fourth-order valence-electron chi connectivity index (χ4n) is 3.31. The lowest BCUT2D eigenvalue weighted by atomic mass is 10.00. The van der Waals surface area contributed by atoms with Gasteiger partial charge in [-0.25, -0.2) is 0 Å². The molecule has 1 N–H and O–H groups in total. The average Bonchev–Trinajstić information content (AvgIpc) is 3.24. The van der Waals surface area contributed by atoms with Crippen LogP contribution in [0.1, 0.15) is 16.9 Å². The number of hydrogen-bond acceptors (Lipinski definition) is 4. The summed E-state index contributed by atoms with van der Waals surface area (Å²) in [6.45, 7) is 3.23. The van der Waals surface area contributed by atoms with Crippen molar-refractivity contribution < 1.29 is 9.32 Å². The van der Waals surface area contributed by atoms with Crippen LogP contribution in [0.25, 0.3) is 11.3 Å². The van der Waals surface area contributed by atoms with Gasteiger partial charge in [0.1, 0.15) is 0 Å². The van der Waals surface area contributed by atoms with Gasteiger partial charge in [-0.15, -0.1) is 0 Å². The number of aromatic nitrogens is 1. The van der Waals surface area contributed by atoms with Crippen LogP contribution in [-0.4, -0.2) is 41.6 Å². The molecule has 0 radical (unpaired) electrons. The lowest BCUT2D eigenvalue weighted by Gasteiger charge is -2.22. The van der Waals surface area contributed by atoms with Crippen LogP contribution in [0, 0.1) is 5.92 Å². The van der Waals surface area contributed by atoms with Gasteiger partial charge in [-0.05, 0) is 18.9 Å². The average molecular weight is 283 g/mol. The van der Waals surface area contributed by atoms with E-state index in [1.807, 2.05) is 30.3 Å². The van der Waals surface area contributed by atoms with Crippen molar-refractivity contribution in [3.05, 3.63) is 42.1 Å². The molecule has 1 amide bonds. The molecule has 0 saturated carbocycles. The monoisotopic (exact) mass is 283 g/mol. The normalized spacial score (nSPS) is 27.0. The number of hydrogen-bond donors (Lipinski definition) is 1. The van der Waals surface area contributed by atoms with Crippen LogP contribution in [0.5, 0.6) is 0 Å². The standard InChI is InChI=1S/C16H17N3O2/c20-16(17-14-10-19-7-6-12(14)9-19)13-8-15(21-18-13)11-4-2-1-3-5-11/h1-5,8,12,14H,6-7,9-10H2,(H,17,20)/t12-,14?/m0/s1. The molecule has 2 fully saturated rings. The van der Waals surface area contributed by atoms with Crippen molar-refractivity contribution in [3.8, 4) is 11.3 Å². The number of amides is 1. The SMILES string of the molecule is O=C(NC1CN2CC[C@H]1C2)c1cc(-c2ccccc2)on1. The zero-order valence-electron chi connectivity index (χ0n) is 11.7. The molecular formula is C16H17N3O2. The summed E-state index contributed by atoms with van der Waals surface area (Å²) in [4.78, 5) is 14.7. The molecule has 21 heavy (non-hydrogen) atoms. The Morgan fingerprint density at radius 3 is 2.86 bits per heavy atom. The minimum Gasteiger partial charge on any atom is -0.355 e. The summed E-state index contributed by atoms with van der Waals surface area (Å²) in [6.07, 6.45) is 1.18. The lowest BCUT2D eigenvalue weighted by molar-refractivity contribution is 0.0915. The van der Waals surface area contributed by atoms with E-state index in [2.05, 4.69) is 15.4 Å². The minimum absolute atomic E-state index is 0.139. The van der Waals surface area contributed by atoms with Crippen molar-refractivity contribution in [2.45, 2.75) is 12.5 Å². The van der Waals surface area contributed by atoms with Crippen molar-refractivity contribution in [2.75, 3.05) is 19.6 Å². The molecule has 108 valence electrons. The first kappa shape index (κ1) is 12.6. The molecule has 2 aromatic rings. The highest BCUT2D eigenvalue weighted by Crippen LogP contribution is 2.28.